The van der Waals surface area contributed by atoms with Crippen LogP contribution in [-0.2, 0) is 9.53 Å². The Balaban J connectivity index is 1.75. The Bertz CT molecular complexity index is 949. The van der Waals surface area contributed by atoms with E-state index in [1.165, 1.54) is 29.4 Å². The van der Waals surface area contributed by atoms with E-state index in [-0.39, 0.29) is 29.9 Å². The first-order valence-corrected chi connectivity index (χ1v) is 10.4. The molecule has 148 valence electrons. The molecule has 28 heavy (non-hydrogen) atoms. The highest BCUT2D eigenvalue weighted by Gasteiger charge is 2.24. The van der Waals surface area contributed by atoms with Crippen LogP contribution >= 0.6 is 23.1 Å². The number of carbonyl (C=O) groups excluding carboxylic acids is 2. The Labute approximate surface area is 169 Å². The van der Waals surface area contributed by atoms with Crippen LogP contribution in [0.1, 0.15) is 37.2 Å². The molecule has 3 heterocycles. The standard InChI is InChI=1S/C17H19N5O4S2/c1-4-25-16(24)14-11(12-6-5-7-26-12)8-27-15(14)18-13(23)9-28-17-19-20-21-22(17)10(2)3/h5-8,10H,4,9H2,1-3H3,(H,18,23). The van der Waals surface area contributed by atoms with E-state index in [1.54, 1.807) is 29.1 Å². The average molecular weight is 422 g/mol. The van der Waals surface area contributed by atoms with Crippen molar-refractivity contribution in [1.29, 1.82) is 0 Å². The molecule has 0 saturated heterocycles. The first kappa shape index (κ1) is 20.1. The lowest BCUT2D eigenvalue weighted by atomic mass is 10.1. The van der Waals surface area contributed by atoms with Crippen LogP contribution in [0.4, 0.5) is 5.00 Å². The van der Waals surface area contributed by atoms with Crippen LogP contribution < -0.4 is 5.32 Å². The van der Waals surface area contributed by atoms with E-state index < -0.39 is 5.97 Å². The summed E-state index contributed by atoms with van der Waals surface area (Å²) in [7, 11) is 0. The van der Waals surface area contributed by atoms with Gasteiger partial charge < -0.3 is 14.5 Å². The third-order valence-electron chi connectivity index (χ3n) is 3.59. The fraction of sp³-hybridized carbons (Fsp3) is 0.353. The molecule has 0 aliphatic heterocycles. The van der Waals surface area contributed by atoms with E-state index in [2.05, 4.69) is 20.8 Å². The number of hydrogen-bond donors (Lipinski definition) is 1. The molecule has 0 atom stereocenters. The van der Waals surface area contributed by atoms with Gasteiger partial charge in [-0.05, 0) is 43.3 Å². The molecule has 11 heteroatoms. The van der Waals surface area contributed by atoms with Crippen molar-refractivity contribution in [2.24, 2.45) is 0 Å². The lowest BCUT2D eigenvalue weighted by molar-refractivity contribution is -0.113. The van der Waals surface area contributed by atoms with Crippen molar-refractivity contribution in [3.8, 4) is 11.3 Å². The van der Waals surface area contributed by atoms with Gasteiger partial charge in [-0.2, -0.15) is 0 Å². The second-order valence-electron chi connectivity index (χ2n) is 5.89. The summed E-state index contributed by atoms with van der Waals surface area (Å²) in [6, 6.07) is 3.57. The highest BCUT2D eigenvalue weighted by atomic mass is 32.2. The number of aromatic nitrogens is 4. The van der Waals surface area contributed by atoms with Gasteiger partial charge in [0.05, 0.1) is 24.7 Å². The van der Waals surface area contributed by atoms with E-state index >= 15 is 0 Å². The van der Waals surface area contributed by atoms with Gasteiger partial charge in [-0.25, -0.2) is 9.48 Å². The Morgan fingerprint density at radius 2 is 2.25 bits per heavy atom. The van der Waals surface area contributed by atoms with Crippen molar-refractivity contribution >= 4 is 40.0 Å². The molecule has 0 bridgehead atoms. The molecular weight excluding hydrogens is 402 g/mol. The normalized spacial score (nSPS) is 11.0. The Morgan fingerprint density at radius 1 is 1.43 bits per heavy atom. The fourth-order valence-electron chi connectivity index (χ4n) is 2.37. The van der Waals surface area contributed by atoms with E-state index in [4.69, 9.17) is 9.15 Å². The van der Waals surface area contributed by atoms with Gasteiger partial charge in [0.2, 0.25) is 11.1 Å². The number of nitrogens with one attached hydrogen (secondary N) is 1. The fourth-order valence-corrected chi connectivity index (χ4v) is 4.13. The zero-order chi connectivity index (χ0) is 20.1. The molecule has 0 aliphatic rings. The molecule has 1 amide bonds. The van der Waals surface area contributed by atoms with Gasteiger partial charge in [-0.15, -0.1) is 16.4 Å². The number of esters is 1. The Hall–Kier alpha value is -2.66. The molecule has 0 aromatic carbocycles. The third-order valence-corrected chi connectivity index (χ3v) is 5.42. The van der Waals surface area contributed by atoms with Gasteiger partial charge >= 0.3 is 5.97 Å². The van der Waals surface area contributed by atoms with Crippen LogP contribution in [0.15, 0.2) is 33.3 Å². The van der Waals surface area contributed by atoms with Crippen molar-refractivity contribution in [1.82, 2.24) is 20.2 Å². The number of anilines is 1. The van der Waals surface area contributed by atoms with Crippen LogP contribution in [0.25, 0.3) is 11.3 Å². The van der Waals surface area contributed by atoms with E-state index in [0.29, 0.717) is 21.5 Å². The van der Waals surface area contributed by atoms with Gasteiger partial charge in [0.15, 0.2) is 0 Å². The topological polar surface area (TPSA) is 112 Å². The number of tetrazole rings is 1. The first-order chi connectivity index (χ1) is 13.5. The quantitative estimate of drug-likeness (QED) is 0.434. The molecule has 0 radical (unpaired) electrons. The minimum Gasteiger partial charge on any atom is -0.464 e. The van der Waals surface area contributed by atoms with Crippen LogP contribution in [0, 0.1) is 0 Å². The number of nitrogens with zero attached hydrogens (tertiary/aromatic N) is 4. The van der Waals surface area contributed by atoms with Crippen molar-refractivity contribution in [3.05, 3.63) is 29.3 Å². The van der Waals surface area contributed by atoms with Crippen LogP contribution in [-0.4, -0.2) is 44.4 Å². The highest BCUT2D eigenvalue weighted by molar-refractivity contribution is 7.99. The summed E-state index contributed by atoms with van der Waals surface area (Å²) in [4.78, 5) is 24.9. The van der Waals surface area contributed by atoms with E-state index in [1.807, 2.05) is 13.8 Å². The number of furan rings is 1. The largest absolute Gasteiger partial charge is 0.464 e. The van der Waals surface area contributed by atoms with Gasteiger partial charge in [-0.3, -0.25) is 4.79 Å². The summed E-state index contributed by atoms with van der Waals surface area (Å²) in [5, 5.41) is 17.0. The maximum atomic E-state index is 12.4. The average Bonchev–Trinajstić information content (AvgIpc) is 3.39. The number of amides is 1. The molecule has 3 aromatic heterocycles. The predicted octanol–water partition coefficient (Wildman–Crippen LogP) is 3.48. The molecule has 0 aliphatic carbocycles. The van der Waals surface area contributed by atoms with Gasteiger partial charge in [-0.1, -0.05) is 11.8 Å². The first-order valence-electron chi connectivity index (χ1n) is 8.54. The summed E-state index contributed by atoms with van der Waals surface area (Å²) in [6.07, 6.45) is 1.52. The summed E-state index contributed by atoms with van der Waals surface area (Å²) in [6.45, 7) is 5.86. The van der Waals surface area contributed by atoms with Crippen LogP contribution in [0.3, 0.4) is 0 Å². The molecule has 0 saturated carbocycles. The summed E-state index contributed by atoms with van der Waals surface area (Å²) >= 11 is 2.46. The Morgan fingerprint density at radius 3 is 2.93 bits per heavy atom. The number of carbonyl (C=O) groups is 2. The molecule has 0 spiro atoms. The maximum Gasteiger partial charge on any atom is 0.341 e. The summed E-state index contributed by atoms with van der Waals surface area (Å²) in [5.41, 5.74) is 0.868. The smallest absolute Gasteiger partial charge is 0.341 e. The molecule has 3 aromatic rings. The van der Waals surface area contributed by atoms with Gasteiger partial charge in [0.25, 0.3) is 0 Å². The maximum absolute atomic E-state index is 12.4. The Kier molecular flexibility index (Phi) is 6.47. The van der Waals surface area contributed by atoms with Crippen molar-refractivity contribution < 1.29 is 18.7 Å². The number of rotatable bonds is 8. The minimum atomic E-state index is -0.512. The molecule has 1 N–H and O–H groups in total. The third kappa shape index (κ3) is 4.42. The van der Waals surface area contributed by atoms with Crippen molar-refractivity contribution in [3.63, 3.8) is 0 Å². The monoisotopic (exact) mass is 421 g/mol. The molecule has 0 unspecified atom stereocenters. The molecule has 3 rings (SSSR count). The van der Waals surface area contributed by atoms with Crippen LogP contribution in [0.2, 0.25) is 0 Å². The van der Waals surface area contributed by atoms with Crippen molar-refractivity contribution in [2.75, 3.05) is 17.7 Å². The van der Waals surface area contributed by atoms with E-state index in [0.717, 1.165) is 0 Å². The van der Waals surface area contributed by atoms with Crippen LogP contribution in [0.5, 0.6) is 0 Å². The van der Waals surface area contributed by atoms with Crippen molar-refractivity contribution in [2.45, 2.75) is 32.0 Å². The second kappa shape index (κ2) is 9.02. The number of thioether (sulfide) groups is 1. The zero-order valence-corrected chi connectivity index (χ0v) is 17.2. The predicted molar refractivity (Wildman–Crippen MR) is 106 cm³/mol. The van der Waals surface area contributed by atoms with E-state index in [9.17, 15) is 9.59 Å². The minimum absolute atomic E-state index is 0.0872. The molecule has 0 fully saturated rings. The summed E-state index contributed by atoms with van der Waals surface area (Å²) in [5.74, 6) is -0.155. The lowest BCUT2D eigenvalue weighted by Crippen LogP contribution is -2.17. The summed E-state index contributed by atoms with van der Waals surface area (Å²) < 4.78 is 12.2. The number of hydrogen-bond acceptors (Lipinski definition) is 9. The number of ether oxygens (including phenoxy) is 1. The number of thiophene rings is 1. The lowest BCUT2D eigenvalue weighted by Gasteiger charge is -2.09. The molecule has 9 nitrogen and oxygen atoms in total. The molecular formula is C17H19N5O4S2. The SMILES string of the molecule is CCOC(=O)c1c(-c2ccco2)csc1NC(=O)CSc1nnnn1C(C)C. The zero-order valence-electron chi connectivity index (χ0n) is 15.5. The van der Waals surface area contributed by atoms with Gasteiger partial charge in [0, 0.05) is 10.9 Å². The van der Waals surface area contributed by atoms with Gasteiger partial charge in [0.1, 0.15) is 16.3 Å². The highest BCUT2D eigenvalue weighted by Crippen LogP contribution is 2.36. The second-order valence-corrected chi connectivity index (χ2v) is 7.71.